The molecule has 1 rings (SSSR count). The Morgan fingerprint density at radius 2 is 2.00 bits per heavy atom. The molecule has 1 aromatic carbocycles. The lowest BCUT2D eigenvalue weighted by atomic mass is 10.1. The van der Waals surface area contributed by atoms with Crippen molar-refractivity contribution in [2.75, 3.05) is 5.75 Å². The molecule has 0 bridgehead atoms. The molecule has 0 saturated heterocycles. The van der Waals surface area contributed by atoms with Crippen molar-refractivity contribution < 1.29 is 18.0 Å². The second-order valence-electron chi connectivity index (χ2n) is 3.39. The van der Waals surface area contributed by atoms with Crippen LogP contribution in [-0.2, 0) is 14.8 Å². The largest absolute Gasteiger partial charge is 0.293 e. The number of hydrogen-bond donors (Lipinski definition) is 1. The number of sulfonamides is 1. The summed E-state index contributed by atoms with van der Waals surface area (Å²) >= 11 is 6.53. The van der Waals surface area contributed by atoms with Gasteiger partial charge in [-0.2, -0.15) is 0 Å². The van der Waals surface area contributed by atoms with Gasteiger partial charge in [0, 0.05) is 12.5 Å². The number of carbonyl (C=O) groups excluding carboxylic acids is 2. The van der Waals surface area contributed by atoms with Crippen molar-refractivity contribution in [1.82, 2.24) is 0 Å². The molecule has 0 atom stereocenters. The molecule has 0 amide bonds. The molecule has 0 radical (unpaired) electrons. The summed E-state index contributed by atoms with van der Waals surface area (Å²) in [6.07, 6.45) is 0. The topological polar surface area (TPSA) is 94.3 Å². The zero-order valence-corrected chi connectivity index (χ0v) is 11.7. The fourth-order valence-electron chi connectivity index (χ4n) is 1.15. The highest BCUT2D eigenvalue weighted by atomic mass is 35.5. The Kier molecular flexibility index (Phi) is 4.92. The number of hydrogen-bond acceptors (Lipinski definition) is 5. The summed E-state index contributed by atoms with van der Waals surface area (Å²) < 4.78 is 22.4. The van der Waals surface area contributed by atoms with Crippen LogP contribution in [0.25, 0.3) is 0 Å². The lowest BCUT2D eigenvalue weighted by molar-refractivity contribution is -0.109. The Morgan fingerprint density at radius 1 is 1.39 bits per heavy atom. The van der Waals surface area contributed by atoms with Crippen LogP contribution in [-0.4, -0.2) is 25.1 Å². The van der Waals surface area contributed by atoms with E-state index in [-0.39, 0.29) is 32.1 Å². The first kappa shape index (κ1) is 15.2. The molecule has 1 aromatic rings. The third-order valence-electron chi connectivity index (χ3n) is 1.97. The van der Waals surface area contributed by atoms with Gasteiger partial charge in [-0.1, -0.05) is 23.4 Å². The molecule has 18 heavy (non-hydrogen) atoms. The molecule has 0 aromatic heterocycles. The van der Waals surface area contributed by atoms with Crippen molar-refractivity contribution >= 4 is 44.3 Å². The number of halogens is 1. The zero-order valence-electron chi connectivity index (χ0n) is 9.34. The first-order chi connectivity index (χ1) is 8.21. The summed E-state index contributed by atoms with van der Waals surface area (Å²) in [5.41, 5.74) is 0.150. The summed E-state index contributed by atoms with van der Waals surface area (Å²) in [7, 11) is -3.98. The molecule has 0 spiro atoms. The van der Waals surface area contributed by atoms with Crippen LogP contribution in [0.1, 0.15) is 17.3 Å². The van der Waals surface area contributed by atoms with Gasteiger partial charge in [0.2, 0.25) is 10.0 Å². The molecular formula is C10H10ClNO4S2. The number of primary sulfonamides is 1. The number of rotatable bonds is 4. The number of Topliss-reactive ketones (excluding diaryl/α,β-unsaturated/α-hetero) is 1. The minimum Gasteiger partial charge on any atom is -0.293 e. The van der Waals surface area contributed by atoms with Gasteiger partial charge in [-0.15, -0.1) is 0 Å². The molecule has 0 saturated carbocycles. The van der Waals surface area contributed by atoms with Crippen LogP contribution in [0, 0.1) is 0 Å². The van der Waals surface area contributed by atoms with E-state index in [0.29, 0.717) is 0 Å². The minimum absolute atomic E-state index is 0.0479. The van der Waals surface area contributed by atoms with Gasteiger partial charge in [-0.05, 0) is 18.2 Å². The van der Waals surface area contributed by atoms with Gasteiger partial charge in [-0.25, -0.2) is 13.6 Å². The SMILES string of the molecule is CC(=O)SCC(=O)c1ccc(Cl)c(S(N)(=O)=O)c1. The van der Waals surface area contributed by atoms with E-state index in [1.54, 1.807) is 0 Å². The minimum atomic E-state index is -3.98. The maximum atomic E-state index is 11.7. The molecule has 0 aliphatic heterocycles. The van der Waals surface area contributed by atoms with Gasteiger partial charge in [0.1, 0.15) is 4.90 Å². The number of thioether (sulfide) groups is 1. The fraction of sp³-hybridized carbons (Fsp3) is 0.200. The van der Waals surface area contributed by atoms with Crippen LogP contribution in [0.2, 0.25) is 5.02 Å². The predicted octanol–water partition coefficient (Wildman–Crippen LogP) is 1.45. The van der Waals surface area contributed by atoms with Crippen molar-refractivity contribution in [2.24, 2.45) is 5.14 Å². The van der Waals surface area contributed by atoms with Gasteiger partial charge in [0.25, 0.3) is 0 Å². The lowest BCUT2D eigenvalue weighted by Crippen LogP contribution is -2.14. The van der Waals surface area contributed by atoms with Crippen LogP contribution >= 0.6 is 23.4 Å². The number of ketones is 1. The van der Waals surface area contributed by atoms with E-state index < -0.39 is 10.0 Å². The molecule has 8 heteroatoms. The average Bonchev–Trinajstić information content (AvgIpc) is 2.24. The Labute approximate surface area is 114 Å². The van der Waals surface area contributed by atoms with Crippen molar-refractivity contribution in [1.29, 1.82) is 0 Å². The van der Waals surface area contributed by atoms with Crippen LogP contribution in [0.5, 0.6) is 0 Å². The normalized spacial score (nSPS) is 11.3. The van der Waals surface area contributed by atoms with Gasteiger partial charge in [0.15, 0.2) is 10.9 Å². The van der Waals surface area contributed by atoms with Gasteiger partial charge in [0.05, 0.1) is 10.8 Å². The third kappa shape index (κ3) is 4.09. The molecular weight excluding hydrogens is 298 g/mol. The summed E-state index contributed by atoms with van der Waals surface area (Å²) in [6, 6.07) is 3.79. The van der Waals surface area contributed by atoms with Crippen molar-refractivity contribution in [2.45, 2.75) is 11.8 Å². The third-order valence-corrected chi connectivity index (χ3v) is 4.17. The maximum Gasteiger partial charge on any atom is 0.239 e. The molecule has 98 valence electrons. The predicted molar refractivity (Wildman–Crippen MR) is 70.3 cm³/mol. The summed E-state index contributed by atoms with van der Waals surface area (Å²) in [5, 5.41) is 4.73. The molecule has 5 nitrogen and oxygen atoms in total. The second kappa shape index (κ2) is 5.83. The Morgan fingerprint density at radius 3 is 2.50 bits per heavy atom. The maximum absolute atomic E-state index is 11.7. The second-order valence-corrected chi connectivity index (χ2v) is 6.48. The van der Waals surface area contributed by atoms with E-state index in [0.717, 1.165) is 17.8 Å². The molecule has 0 unspecified atom stereocenters. The van der Waals surface area contributed by atoms with Crippen LogP contribution < -0.4 is 5.14 Å². The first-order valence-electron chi connectivity index (χ1n) is 4.70. The van der Waals surface area contributed by atoms with E-state index in [9.17, 15) is 18.0 Å². The van der Waals surface area contributed by atoms with E-state index in [2.05, 4.69) is 0 Å². The van der Waals surface area contributed by atoms with Gasteiger partial charge >= 0.3 is 0 Å². The van der Waals surface area contributed by atoms with Crippen molar-refractivity contribution in [3.05, 3.63) is 28.8 Å². The van der Waals surface area contributed by atoms with Gasteiger partial charge < -0.3 is 0 Å². The highest BCUT2D eigenvalue weighted by Crippen LogP contribution is 2.22. The number of benzene rings is 1. The van der Waals surface area contributed by atoms with Crippen LogP contribution in [0.15, 0.2) is 23.1 Å². The molecule has 0 heterocycles. The van der Waals surface area contributed by atoms with E-state index in [1.165, 1.54) is 19.1 Å². The molecule has 0 fully saturated rings. The van der Waals surface area contributed by atoms with Crippen LogP contribution in [0.3, 0.4) is 0 Å². The zero-order chi connectivity index (χ0) is 13.9. The molecule has 2 N–H and O–H groups in total. The van der Waals surface area contributed by atoms with E-state index in [1.807, 2.05) is 0 Å². The number of carbonyl (C=O) groups is 2. The average molecular weight is 308 g/mol. The summed E-state index contributed by atoms with van der Waals surface area (Å²) in [4.78, 5) is 22.1. The monoisotopic (exact) mass is 307 g/mol. The van der Waals surface area contributed by atoms with Crippen molar-refractivity contribution in [3.8, 4) is 0 Å². The van der Waals surface area contributed by atoms with E-state index in [4.69, 9.17) is 16.7 Å². The highest BCUT2D eigenvalue weighted by Gasteiger charge is 2.16. The summed E-state index contributed by atoms with van der Waals surface area (Å²) in [6.45, 7) is 1.34. The summed E-state index contributed by atoms with van der Waals surface area (Å²) in [5.74, 6) is -0.419. The Bertz CT molecular complexity index is 598. The van der Waals surface area contributed by atoms with Gasteiger partial charge in [-0.3, -0.25) is 9.59 Å². The number of nitrogens with two attached hydrogens (primary N) is 1. The fourth-order valence-corrected chi connectivity index (χ4v) is 2.72. The lowest BCUT2D eigenvalue weighted by Gasteiger charge is -2.04. The van der Waals surface area contributed by atoms with Crippen LogP contribution in [0.4, 0.5) is 0 Å². The molecule has 0 aliphatic rings. The smallest absolute Gasteiger partial charge is 0.239 e. The molecule has 0 aliphatic carbocycles. The van der Waals surface area contributed by atoms with E-state index >= 15 is 0 Å². The first-order valence-corrected chi connectivity index (χ1v) is 7.61. The Hall–Kier alpha value is -0.890. The van der Waals surface area contributed by atoms with Crippen molar-refractivity contribution in [3.63, 3.8) is 0 Å². The standard InChI is InChI=1S/C10H10ClNO4S2/c1-6(13)17-5-9(14)7-2-3-8(11)10(4-7)18(12,15)16/h2-4H,5H2,1H3,(H2,12,15,16). The highest BCUT2D eigenvalue weighted by molar-refractivity contribution is 8.14. The Balaban J connectivity index is 3.06. The quantitative estimate of drug-likeness (QED) is 0.850.